The first kappa shape index (κ1) is 18.1. The topological polar surface area (TPSA) is 67.4 Å². The summed E-state index contributed by atoms with van der Waals surface area (Å²) >= 11 is 0. The van der Waals surface area contributed by atoms with E-state index in [4.69, 9.17) is 4.74 Å². The molecule has 1 heterocycles. The van der Waals surface area contributed by atoms with E-state index in [0.717, 1.165) is 36.4 Å². The molecule has 5 nitrogen and oxygen atoms in total. The summed E-state index contributed by atoms with van der Waals surface area (Å²) in [5.74, 6) is -0.0414. The normalized spacial score (nSPS) is 17.5. The zero-order valence-electron chi connectivity index (χ0n) is 14.9. The van der Waals surface area contributed by atoms with E-state index in [9.17, 15) is 9.59 Å². The highest BCUT2D eigenvalue weighted by Crippen LogP contribution is 2.27. The Bertz CT molecular complexity index is 755. The Hall–Kier alpha value is -2.66. The van der Waals surface area contributed by atoms with Crippen LogP contribution in [0.5, 0.6) is 0 Å². The molecule has 0 aromatic heterocycles. The van der Waals surface area contributed by atoms with Crippen molar-refractivity contribution in [2.24, 2.45) is 0 Å². The second-order valence-corrected chi connectivity index (χ2v) is 6.44. The van der Waals surface area contributed by atoms with Crippen LogP contribution in [0.2, 0.25) is 0 Å². The summed E-state index contributed by atoms with van der Waals surface area (Å²) in [6, 6.07) is 16.4. The molecule has 2 aromatic rings. The minimum Gasteiger partial charge on any atom is -0.381 e. The van der Waals surface area contributed by atoms with Crippen LogP contribution < -0.4 is 10.6 Å². The Morgan fingerprint density at radius 2 is 1.96 bits per heavy atom. The molecular formula is C21H24N2O3. The molecule has 2 unspecified atom stereocenters. The average Bonchev–Trinajstić information content (AvgIpc) is 3.21. The molecule has 1 aliphatic heterocycles. The van der Waals surface area contributed by atoms with Gasteiger partial charge >= 0.3 is 0 Å². The van der Waals surface area contributed by atoms with Crippen molar-refractivity contribution in [2.75, 3.05) is 18.5 Å². The van der Waals surface area contributed by atoms with Crippen LogP contribution in [0.1, 0.15) is 42.9 Å². The quantitative estimate of drug-likeness (QED) is 0.837. The van der Waals surface area contributed by atoms with Crippen LogP contribution in [-0.4, -0.2) is 25.0 Å². The fraction of sp³-hybridized carbons (Fsp3) is 0.333. The van der Waals surface area contributed by atoms with Crippen molar-refractivity contribution in [1.29, 1.82) is 0 Å². The number of hydrogen-bond donors (Lipinski definition) is 2. The van der Waals surface area contributed by atoms with E-state index < -0.39 is 6.04 Å². The maximum Gasteiger partial charge on any atom is 0.251 e. The molecule has 2 aromatic carbocycles. The summed E-state index contributed by atoms with van der Waals surface area (Å²) < 4.78 is 5.45. The molecule has 0 radical (unpaired) electrons. The Morgan fingerprint density at radius 3 is 2.65 bits per heavy atom. The van der Waals surface area contributed by atoms with Gasteiger partial charge in [0, 0.05) is 24.6 Å². The lowest BCUT2D eigenvalue weighted by molar-refractivity contribution is -0.126. The van der Waals surface area contributed by atoms with E-state index in [1.807, 2.05) is 48.5 Å². The smallest absolute Gasteiger partial charge is 0.251 e. The third kappa shape index (κ3) is 4.49. The molecule has 1 saturated heterocycles. The predicted octanol–water partition coefficient (Wildman–Crippen LogP) is 3.40. The molecule has 2 N–H and O–H groups in total. The molecule has 0 bridgehead atoms. The van der Waals surface area contributed by atoms with Crippen LogP contribution in [0, 0.1) is 0 Å². The fourth-order valence-electron chi connectivity index (χ4n) is 3.09. The van der Waals surface area contributed by atoms with Gasteiger partial charge in [-0.05, 0) is 29.7 Å². The van der Waals surface area contributed by atoms with Gasteiger partial charge in [-0.1, -0.05) is 49.4 Å². The number of carbonyl (C=O) groups excluding carboxylic acids is 2. The van der Waals surface area contributed by atoms with Crippen LogP contribution in [0.25, 0.3) is 0 Å². The summed E-state index contributed by atoms with van der Waals surface area (Å²) in [4.78, 5) is 24.7. The zero-order valence-corrected chi connectivity index (χ0v) is 14.9. The van der Waals surface area contributed by atoms with Crippen molar-refractivity contribution in [3.8, 4) is 0 Å². The zero-order chi connectivity index (χ0) is 18.4. The van der Waals surface area contributed by atoms with Crippen molar-refractivity contribution in [3.05, 3.63) is 65.7 Å². The van der Waals surface area contributed by atoms with Gasteiger partial charge in [0.1, 0.15) is 6.04 Å². The lowest BCUT2D eigenvalue weighted by Crippen LogP contribution is -2.36. The van der Waals surface area contributed by atoms with Crippen LogP contribution in [0.4, 0.5) is 5.69 Å². The summed E-state index contributed by atoms with van der Waals surface area (Å²) in [6.07, 6.45) is 1.32. The van der Waals surface area contributed by atoms with Gasteiger partial charge in [0.25, 0.3) is 5.91 Å². The van der Waals surface area contributed by atoms with Crippen LogP contribution in [-0.2, 0) is 14.3 Å². The number of ether oxygens (including phenoxy) is 1. The van der Waals surface area contributed by atoms with Gasteiger partial charge in [-0.3, -0.25) is 9.59 Å². The molecule has 3 rings (SSSR count). The predicted molar refractivity (Wildman–Crippen MR) is 101 cm³/mol. The number of amides is 2. The van der Waals surface area contributed by atoms with Crippen LogP contribution in [0.15, 0.2) is 54.6 Å². The first-order valence-electron chi connectivity index (χ1n) is 9.00. The first-order chi connectivity index (χ1) is 12.7. The summed E-state index contributed by atoms with van der Waals surface area (Å²) in [6.45, 7) is 3.26. The van der Waals surface area contributed by atoms with Gasteiger partial charge in [-0.15, -0.1) is 0 Å². The van der Waals surface area contributed by atoms with E-state index in [1.54, 1.807) is 6.92 Å². The van der Waals surface area contributed by atoms with Crippen molar-refractivity contribution in [2.45, 2.75) is 31.7 Å². The van der Waals surface area contributed by atoms with Gasteiger partial charge in [0.2, 0.25) is 5.91 Å². The van der Waals surface area contributed by atoms with Crippen molar-refractivity contribution in [1.82, 2.24) is 5.32 Å². The third-order valence-corrected chi connectivity index (χ3v) is 4.58. The Balaban J connectivity index is 1.77. The number of hydrogen-bond acceptors (Lipinski definition) is 3. The molecular weight excluding hydrogens is 328 g/mol. The monoisotopic (exact) mass is 352 g/mol. The molecule has 1 fully saturated rings. The van der Waals surface area contributed by atoms with E-state index in [-0.39, 0.29) is 11.8 Å². The largest absolute Gasteiger partial charge is 0.381 e. The van der Waals surface area contributed by atoms with Crippen molar-refractivity contribution in [3.63, 3.8) is 0 Å². The molecule has 0 aliphatic carbocycles. The molecule has 2 atom stereocenters. The van der Waals surface area contributed by atoms with Gasteiger partial charge < -0.3 is 15.4 Å². The maximum atomic E-state index is 12.8. The molecule has 0 spiro atoms. The number of carbonyl (C=O) groups is 2. The highest BCUT2D eigenvalue weighted by molar-refractivity contribution is 5.97. The highest BCUT2D eigenvalue weighted by Gasteiger charge is 2.23. The highest BCUT2D eigenvalue weighted by atomic mass is 16.5. The minimum absolute atomic E-state index is 0.161. The lowest BCUT2D eigenvalue weighted by atomic mass is 9.98. The standard InChI is InChI=1S/C21H24N2O3/c1-2-19(24)23-20(15-7-4-3-5-8-15)21(25)22-18-10-6-9-16(13-18)17-11-12-26-14-17/h3-10,13,17,20H,2,11-12,14H2,1H3,(H,22,25)(H,23,24). The maximum absolute atomic E-state index is 12.8. The van der Waals surface area contributed by atoms with Crippen LogP contribution in [0.3, 0.4) is 0 Å². The lowest BCUT2D eigenvalue weighted by Gasteiger charge is -2.19. The number of benzene rings is 2. The Kier molecular flexibility index (Phi) is 6.02. The van der Waals surface area contributed by atoms with E-state index in [0.29, 0.717) is 12.3 Å². The Morgan fingerprint density at radius 1 is 1.15 bits per heavy atom. The second-order valence-electron chi connectivity index (χ2n) is 6.44. The molecule has 5 heteroatoms. The van der Waals surface area contributed by atoms with E-state index >= 15 is 0 Å². The third-order valence-electron chi connectivity index (χ3n) is 4.58. The molecule has 26 heavy (non-hydrogen) atoms. The van der Waals surface area contributed by atoms with Crippen molar-refractivity contribution < 1.29 is 14.3 Å². The first-order valence-corrected chi connectivity index (χ1v) is 9.00. The number of nitrogens with one attached hydrogen (secondary N) is 2. The van der Waals surface area contributed by atoms with Gasteiger partial charge in [0.05, 0.1) is 6.61 Å². The SMILES string of the molecule is CCC(=O)NC(C(=O)Nc1cccc(C2CCOC2)c1)c1ccccc1. The van der Waals surface area contributed by atoms with Crippen LogP contribution >= 0.6 is 0 Å². The minimum atomic E-state index is -0.720. The molecule has 1 aliphatic rings. The van der Waals surface area contributed by atoms with E-state index in [1.165, 1.54) is 0 Å². The number of rotatable bonds is 6. The summed E-state index contributed by atoms with van der Waals surface area (Å²) in [7, 11) is 0. The summed E-state index contributed by atoms with van der Waals surface area (Å²) in [5.41, 5.74) is 2.65. The molecule has 136 valence electrons. The average molecular weight is 352 g/mol. The van der Waals surface area contributed by atoms with Crippen molar-refractivity contribution >= 4 is 17.5 Å². The fourth-order valence-corrected chi connectivity index (χ4v) is 3.09. The molecule has 0 saturated carbocycles. The van der Waals surface area contributed by atoms with E-state index in [2.05, 4.69) is 16.7 Å². The van der Waals surface area contributed by atoms with Gasteiger partial charge in [-0.2, -0.15) is 0 Å². The number of anilines is 1. The second kappa shape index (κ2) is 8.63. The summed E-state index contributed by atoms with van der Waals surface area (Å²) in [5, 5.41) is 5.74. The van der Waals surface area contributed by atoms with Gasteiger partial charge in [0.15, 0.2) is 0 Å². The van der Waals surface area contributed by atoms with Gasteiger partial charge in [-0.25, -0.2) is 0 Å². The molecule has 2 amide bonds. The Labute approximate surface area is 153 Å².